The summed E-state index contributed by atoms with van der Waals surface area (Å²) in [5, 5.41) is 2.79. The van der Waals surface area contributed by atoms with Gasteiger partial charge in [0, 0.05) is 4.47 Å². The second-order valence-corrected chi connectivity index (χ2v) is 4.60. The summed E-state index contributed by atoms with van der Waals surface area (Å²) in [5.74, 6) is 0.570. The van der Waals surface area contributed by atoms with Crippen LogP contribution in [0, 0.1) is 0 Å². The third kappa shape index (κ3) is 2.26. The van der Waals surface area contributed by atoms with Crippen LogP contribution >= 0.6 is 15.9 Å². The minimum absolute atomic E-state index is 0.122. The van der Waals surface area contributed by atoms with Crippen molar-refractivity contribution in [3.8, 4) is 11.5 Å². The fourth-order valence-corrected chi connectivity index (χ4v) is 2.45. The first-order valence-electron chi connectivity index (χ1n) is 5.44. The molecule has 0 saturated heterocycles. The first-order valence-corrected chi connectivity index (χ1v) is 6.23. The number of hydrogen-bond acceptors (Lipinski definition) is 5. The molecular weight excluding hydrogens is 302 g/mol. The van der Waals surface area contributed by atoms with E-state index in [1.807, 2.05) is 0 Å². The van der Waals surface area contributed by atoms with Crippen LogP contribution in [0.1, 0.15) is 20.7 Å². The Morgan fingerprint density at radius 1 is 1.44 bits per heavy atom. The van der Waals surface area contributed by atoms with Crippen molar-refractivity contribution in [2.75, 3.05) is 26.8 Å². The molecule has 5 nitrogen and oxygen atoms in total. The van der Waals surface area contributed by atoms with Crippen molar-refractivity contribution < 1.29 is 19.1 Å². The van der Waals surface area contributed by atoms with Crippen molar-refractivity contribution in [1.82, 2.24) is 5.32 Å². The Bertz CT molecular complexity index is 501. The number of fused-ring (bicyclic) bond motifs is 1. The SMILES string of the molecule is CNCC(=O)c1c(Br)cc(C=O)c2c1OCCO2. The fourth-order valence-electron chi connectivity index (χ4n) is 1.80. The Morgan fingerprint density at radius 2 is 2.11 bits per heavy atom. The molecule has 1 aromatic rings. The molecular formula is C12H12BrNO4. The number of carbonyl (C=O) groups is 2. The molecule has 0 radical (unpaired) electrons. The maximum Gasteiger partial charge on any atom is 0.181 e. The van der Waals surface area contributed by atoms with Crippen LogP contribution in [0.25, 0.3) is 0 Å². The maximum atomic E-state index is 12.0. The van der Waals surface area contributed by atoms with Crippen molar-refractivity contribution in [1.29, 1.82) is 0 Å². The number of ketones is 1. The summed E-state index contributed by atoms with van der Waals surface area (Å²) in [6.07, 6.45) is 0.685. The largest absolute Gasteiger partial charge is 0.485 e. The summed E-state index contributed by atoms with van der Waals surface area (Å²) >= 11 is 3.29. The lowest BCUT2D eigenvalue weighted by Crippen LogP contribution is -2.23. The zero-order chi connectivity index (χ0) is 13.1. The van der Waals surface area contributed by atoms with E-state index < -0.39 is 0 Å². The van der Waals surface area contributed by atoms with Gasteiger partial charge in [-0.1, -0.05) is 0 Å². The molecule has 0 unspecified atom stereocenters. The average Bonchev–Trinajstić information content (AvgIpc) is 2.37. The molecule has 1 heterocycles. The maximum absolute atomic E-state index is 12.0. The second kappa shape index (κ2) is 5.49. The zero-order valence-electron chi connectivity index (χ0n) is 9.79. The predicted molar refractivity (Wildman–Crippen MR) is 68.8 cm³/mol. The van der Waals surface area contributed by atoms with Crippen molar-refractivity contribution in [3.63, 3.8) is 0 Å². The summed E-state index contributed by atoms with van der Waals surface area (Å²) in [5.41, 5.74) is 0.780. The second-order valence-electron chi connectivity index (χ2n) is 3.75. The molecule has 0 saturated carbocycles. The molecule has 0 aromatic heterocycles. The first-order chi connectivity index (χ1) is 8.69. The van der Waals surface area contributed by atoms with Gasteiger partial charge in [-0.25, -0.2) is 0 Å². The summed E-state index contributed by atoms with van der Waals surface area (Å²) in [4.78, 5) is 23.0. The van der Waals surface area contributed by atoms with E-state index in [9.17, 15) is 9.59 Å². The number of hydrogen-bond donors (Lipinski definition) is 1. The van der Waals surface area contributed by atoms with E-state index in [-0.39, 0.29) is 12.3 Å². The third-order valence-electron chi connectivity index (χ3n) is 2.54. The van der Waals surface area contributed by atoms with Gasteiger partial charge in [0.15, 0.2) is 23.6 Å². The fraction of sp³-hybridized carbons (Fsp3) is 0.333. The van der Waals surface area contributed by atoms with Crippen molar-refractivity contribution in [2.45, 2.75) is 0 Å². The van der Waals surface area contributed by atoms with E-state index in [1.165, 1.54) is 0 Å². The van der Waals surface area contributed by atoms with E-state index in [0.29, 0.717) is 46.6 Å². The Kier molecular flexibility index (Phi) is 3.98. The van der Waals surface area contributed by atoms with Gasteiger partial charge in [0.2, 0.25) is 0 Å². The number of nitrogens with one attached hydrogen (secondary N) is 1. The zero-order valence-corrected chi connectivity index (χ0v) is 11.4. The van der Waals surface area contributed by atoms with Crippen molar-refractivity contribution in [2.24, 2.45) is 0 Å². The highest BCUT2D eigenvalue weighted by atomic mass is 79.9. The number of rotatable bonds is 4. The minimum atomic E-state index is -0.122. The van der Waals surface area contributed by atoms with E-state index in [0.717, 1.165) is 0 Å². The lowest BCUT2D eigenvalue weighted by molar-refractivity contribution is 0.0978. The molecule has 0 fully saturated rings. The van der Waals surface area contributed by atoms with E-state index in [2.05, 4.69) is 21.2 Å². The average molecular weight is 314 g/mol. The number of aldehydes is 1. The van der Waals surface area contributed by atoms with Gasteiger partial charge in [-0.05, 0) is 29.0 Å². The smallest absolute Gasteiger partial charge is 0.181 e. The summed E-state index contributed by atoms with van der Waals surface area (Å²) in [6.45, 7) is 0.922. The molecule has 0 bridgehead atoms. The topological polar surface area (TPSA) is 64.6 Å². The molecule has 18 heavy (non-hydrogen) atoms. The molecule has 0 spiro atoms. The molecule has 1 aliphatic heterocycles. The molecule has 96 valence electrons. The van der Waals surface area contributed by atoms with E-state index >= 15 is 0 Å². The van der Waals surface area contributed by atoms with Crippen molar-refractivity contribution >= 4 is 28.0 Å². The number of Topliss-reactive ketones (excluding diaryl/α,β-unsaturated/α-hetero) is 1. The Hall–Kier alpha value is -1.40. The number of halogens is 1. The van der Waals surface area contributed by atoms with Gasteiger partial charge in [-0.15, -0.1) is 0 Å². The standard InChI is InChI=1S/C12H12BrNO4/c1-14-5-9(16)10-8(13)4-7(6-15)11-12(10)18-3-2-17-11/h4,6,14H,2-3,5H2,1H3. The van der Waals surface area contributed by atoms with Gasteiger partial charge >= 0.3 is 0 Å². The lowest BCUT2D eigenvalue weighted by Gasteiger charge is -2.22. The van der Waals surface area contributed by atoms with Crippen LogP contribution in [0.2, 0.25) is 0 Å². The summed E-state index contributed by atoms with van der Waals surface area (Å²) in [6, 6.07) is 1.57. The Morgan fingerprint density at radius 3 is 2.72 bits per heavy atom. The number of likely N-dealkylation sites (N-methyl/N-ethyl adjacent to an activating group) is 1. The molecule has 6 heteroatoms. The molecule has 1 N–H and O–H groups in total. The Balaban J connectivity index is 2.58. The van der Waals surface area contributed by atoms with Gasteiger partial charge in [-0.2, -0.15) is 0 Å². The molecule has 2 rings (SSSR count). The van der Waals surface area contributed by atoms with Crippen LogP contribution < -0.4 is 14.8 Å². The van der Waals surface area contributed by atoms with E-state index in [1.54, 1.807) is 13.1 Å². The highest BCUT2D eigenvalue weighted by Gasteiger charge is 2.26. The van der Waals surface area contributed by atoms with Crippen LogP contribution in [0.3, 0.4) is 0 Å². The summed E-state index contributed by atoms with van der Waals surface area (Å²) < 4.78 is 11.4. The number of carbonyl (C=O) groups excluding carboxylic acids is 2. The normalized spacial score (nSPS) is 13.2. The number of ether oxygens (including phenoxy) is 2. The molecule has 0 aliphatic carbocycles. The van der Waals surface area contributed by atoms with Crippen LogP contribution in [0.5, 0.6) is 11.5 Å². The third-order valence-corrected chi connectivity index (χ3v) is 3.16. The minimum Gasteiger partial charge on any atom is -0.485 e. The molecule has 0 atom stereocenters. The van der Waals surface area contributed by atoms with E-state index in [4.69, 9.17) is 9.47 Å². The first kappa shape index (κ1) is 13.0. The van der Waals surface area contributed by atoms with Gasteiger partial charge < -0.3 is 14.8 Å². The van der Waals surface area contributed by atoms with Gasteiger partial charge in [0.05, 0.1) is 17.7 Å². The highest BCUT2D eigenvalue weighted by Crippen LogP contribution is 2.40. The van der Waals surface area contributed by atoms with Gasteiger partial charge in [0.25, 0.3) is 0 Å². The molecule has 1 aromatic carbocycles. The van der Waals surface area contributed by atoms with Crippen LogP contribution in [0.4, 0.5) is 0 Å². The predicted octanol–water partition coefficient (Wildman–Crippen LogP) is 1.43. The Labute approximate surface area is 113 Å². The van der Waals surface area contributed by atoms with Gasteiger partial charge in [-0.3, -0.25) is 9.59 Å². The van der Waals surface area contributed by atoms with Crippen LogP contribution in [-0.2, 0) is 0 Å². The van der Waals surface area contributed by atoms with Crippen molar-refractivity contribution in [3.05, 3.63) is 21.7 Å². The molecule has 0 amide bonds. The molecule has 1 aliphatic rings. The van der Waals surface area contributed by atoms with Crippen LogP contribution in [0.15, 0.2) is 10.5 Å². The van der Waals surface area contributed by atoms with Gasteiger partial charge in [0.1, 0.15) is 13.2 Å². The monoisotopic (exact) mass is 313 g/mol. The van der Waals surface area contributed by atoms with Crippen LogP contribution in [-0.4, -0.2) is 38.9 Å². The summed E-state index contributed by atoms with van der Waals surface area (Å²) in [7, 11) is 1.69. The lowest BCUT2D eigenvalue weighted by atomic mass is 10.0. The highest BCUT2D eigenvalue weighted by molar-refractivity contribution is 9.10. The quantitative estimate of drug-likeness (QED) is 0.673. The number of benzene rings is 1.